The molecule has 2 fully saturated rings. The molecule has 1 amide bonds. The highest BCUT2D eigenvalue weighted by atomic mass is 32.1. The highest BCUT2D eigenvalue weighted by Crippen LogP contribution is 2.33. The van der Waals surface area contributed by atoms with E-state index in [9.17, 15) is 9.59 Å². The van der Waals surface area contributed by atoms with E-state index >= 15 is 0 Å². The summed E-state index contributed by atoms with van der Waals surface area (Å²) in [5.41, 5.74) is 1.27. The van der Waals surface area contributed by atoms with E-state index in [2.05, 4.69) is 9.88 Å². The first-order valence-electron chi connectivity index (χ1n) is 12.2. The predicted molar refractivity (Wildman–Crippen MR) is 125 cm³/mol. The van der Waals surface area contributed by atoms with Crippen molar-refractivity contribution in [1.82, 2.24) is 19.8 Å². The second kappa shape index (κ2) is 9.41. The maximum absolute atomic E-state index is 12.8. The molecule has 1 N–H and O–H groups in total. The van der Waals surface area contributed by atoms with Crippen molar-refractivity contribution in [3.05, 3.63) is 26.6 Å². The number of aryl methyl sites for hydroxylation is 2. The molecule has 2 aliphatic carbocycles. The molecule has 0 spiro atoms. The molecule has 1 saturated heterocycles. The van der Waals surface area contributed by atoms with Crippen molar-refractivity contribution >= 4 is 27.5 Å². The molecule has 0 aromatic carbocycles. The number of rotatable bonds is 5. The lowest BCUT2D eigenvalue weighted by atomic mass is 9.86. The molecule has 2 aromatic rings. The van der Waals surface area contributed by atoms with Gasteiger partial charge in [0.1, 0.15) is 10.7 Å². The first-order chi connectivity index (χ1) is 15.2. The molecular formula is C24H34N4O2S. The Morgan fingerprint density at radius 1 is 1.03 bits per heavy atom. The number of carbonyl (C=O) groups excluding carboxylic acids is 1. The molecule has 168 valence electrons. The number of piperazine rings is 1. The van der Waals surface area contributed by atoms with Crippen molar-refractivity contribution in [2.45, 2.75) is 77.2 Å². The summed E-state index contributed by atoms with van der Waals surface area (Å²) in [5.74, 6) is 1.84. The zero-order chi connectivity index (χ0) is 21.2. The minimum absolute atomic E-state index is 0.0240. The van der Waals surface area contributed by atoms with Crippen LogP contribution in [-0.4, -0.2) is 51.9 Å². The zero-order valence-electron chi connectivity index (χ0n) is 18.5. The molecule has 6 nitrogen and oxygen atoms in total. The largest absolute Gasteiger partial charge is 0.340 e. The van der Waals surface area contributed by atoms with Crippen LogP contribution in [-0.2, 0) is 24.2 Å². The minimum Gasteiger partial charge on any atom is -0.340 e. The number of amides is 1. The van der Waals surface area contributed by atoms with Crippen molar-refractivity contribution in [2.24, 2.45) is 5.92 Å². The smallest absolute Gasteiger partial charge is 0.259 e. The van der Waals surface area contributed by atoms with Crippen molar-refractivity contribution in [1.29, 1.82) is 0 Å². The summed E-state index contributed by atoms with van der Waals surface area (Å²) >= 11 is 1.71. The van der Waals surface area contributed by atoms with Gasteiger partial charge in [-0.3, -0.25) is 14.5 Å². The maximum Gasteiger partial charge on any atom is 0.259 e. The topological polar surface area (TPSA) is 69.3 Å². The van der Waals surface area contributed by atoms with Gasteiger partial charge in [0.15, 0.2) is 0 Å². The van der Waals surface area contributed by atoms with Crippen LogP contribution in [0.25, 0.3) is 10.2 Å². The van der Waals surface area contributed by atoms with Gasteiger partial charge in [0.25, 0.3) is 5.56 Å². The summed E-state index contributed by atoms with van der Waals surface area (Å²) in [7, 11) is 0. The number of carbonyl (C=O) groups is 1. The normalized spacial score (nSPS) is 20.8. The highest BCUT2D eigenvalue weighted by Gasteiger charge is 2.24. The maximum atomic E-state index is 12.8. The van der Waals surface area contributed by atoms with Crippen LogP contribution in [0, 0.1) is 5.92 Å². The van der Waals surface area contributed by atoms with Gasteiger partial charge >= 0.3 is 0 Å². The molecule has 1 aliphatic heterocycles. The van der Waals surface area contributed by atoms with Gasteiger partial charge in [-0.1, -0.05) is 32.1 Å². The van der Waals surface area contributed by atoms with Gasteiger partial charge in [-0.2, -0.15) is 0 Å². The molecule has 31 heavy (non-hydrogen) atoms. The molecule has 2 aromatic heterocycles. The van der Waals surface area contributed by atoms with Gasteiger partial charge in [-0.25, -0.2) is 4.98 Å². The lowest BCUT2D eigenvalue weighted by Crippen LogP contribution is -2.48. The standard InChI is InChI=1S/C24H34N4O2S/c29-21(11-10-17-6-2-1-3-7-17)28-14-12-27(13-15-28)16-20-25-23(30)22-18-8-4-5-9-19(18)31-24(22)26-20/h17H,1-16H2,(H,25,26,30). The Kier molecular flexibility index (Phi) is 6.41. The Labute approximate surface area is 188 Å². The first kappa shape index (κ1) is 21.1. The van der Waals surface area contributed by atoms with E-state index in [1.165, 1.54) is 55.4 Å². The van der Waals surface area contributed by atoms with Gasteiger partial charge in [0.2, 0.25) is 5.91 Å². The summed E-state index contributed by atoms with van der Waals surface area (Å²) in [4.78, 5) is 39.9. The van der Waals surface area contributed by atoms with Gasteiger partial charge in [0.05, 0.1) is 11.9 Å². The highest BCUT2D eigenvalue weighted by molar-refractivity contribution is 7.18. The molecule has 5 rings (SSSR count). The lowest BCUT2D eigenvalue weighted by Gasteiger charge is -2.34. The monoisotopic (exact) mass is 442 g/mol. The molecule has 3 heterocycles. The van der Waals surface area contributed by atoms with Crippen molar-refractivity contribution in [3.63, 3.8) is 0 Å². The van der Waals surface area contributed by atoms with Crippen LogP contribution >= 0.6 is 11.3 Å². The molecule has 0 radical (unpaired) electrons. The third-order valence-electron chi connectivity index (χ3n) is 7.46. The third-order valence-corrected chi connectivity index (χ3v) is 8.65. The van der Waals surface area contributed by atoms with Gasteiger partial charge in [-0.15, -0.1) is 11.3 Å². The van der Waals surface area contributed by atoms with E-state index in [1.54, 1.807) is 11.3 Å². The van der Waals surface area contributed by atoms with Crippen molar-refractivity contribution < 1.29 is 4.79 Å². The van der Waals surface area contributed by atoms with Crippen LogP contribution in [0.5, 0.6) is 0 Å². The number of hydrogen-bond donors (Lipinski definition) is 1. The fourth-order valence-corrected chi connectivity index (χ4v) is 6.89. The van der Waals surface area contributed by atoms with E-state index in [-0.39, 0.29) is 5.56 Å². The average Bonchev–Trinajstić information content (AvgIpc) is 3.17. The zero-order valence-corrected chi connectivity index (χ0v) is 19.3. The molecule has 0 atom stereocenters. The SMILES string of the molecule is O=C(CCC1CCCCC1)N1CCN(Cc2nc3sc4c(c3c(=O)[nH]2)CCCC4)CC1. The predicted octanol–water partition coefficient (Wildman–Crippen LogP) is 3.87. The van der Waals surface area contributed by atoms with E-state index in [4.69, 9.17) is 4.98 Å². The third kappa shape index (κ3) is 4.72. The summed E-state index contributed by atoms with van der Waals surface area (Å²) < 4.78 is 0. The molecular weight excluding hydrogens is 408 g/mol. The average molecular weight is 443 g/mol. The Morgan fingerprint density at radius 2 is 1.81 bits per heavy atom. The number of aromatic nitrogens is 2. The summed E-state index contributed by atoms with van der Waals surface area (Å²) in [6.07, 6.45) is 12.9. The Morgan fingerprint density at radius 3 is 2.61 bits per heavy atom. The number of hydrogen-bond acceptors (Lipinski definition) is 5. The lowest BCUT2D eigenvalue weighted by molar-refractivity contribution is -0.133. The Hall–Kier alpha value is -1.73. The van der Waals surface area contributed by atoms with Gasteiger partial charge in [0, 0.05) is 37.5 Å². The first-order valence-corrected chi connectivity index (χ1v) is 13.0. The summed E-state index contributed by atoms with van der Waals surface area (Å²) in [6.45, 7) is 3.90. The fraction of sp³-hybridized carbons (Fsp3) is 0.708. The van der Waals surface area contributed by atoms with Crippen LogP contribution in [0.2, 0.25) is 0 Å². The molecule has 0 bridgehead atoms. The van der Waals surface area contributed by atoms with Crippen LogP contribution in [0.3, 0.4) is 0 Å². The summed E-state index contributed by atoms with van der Waals surface area (Å²) in [6, 6.07) is 0. The molecule has 3 aliphatic rings. The fourth-order valence-electron chi connectivity index (χ4n) is 5.61. The van der Waals surface area contributed by atoms with Crippen LogP contribution in [0.15, 0.2) is 4.79 Å². The van der Waals surface area contributed by atoms with E-state index in [0.29, 0.717) is 18.9 Å². The van der Waals surface area contributed by atoms with Gasteiger partial charge < -0.3 is 9.88 Å². The number of nitrogens with zero attached hydrogens (tertiary/aromatic N) is 3. The second-order valence-corrected chi connectivity index (χ2v) is 10.7. The Balaban J connectivity index is 1.15. The van der Waals surface area contributed by atoms with Crippen molar-refractivity contribution in [2.75, 3.05) is 26.2 Å². The van der Waals surface area contributed by atoms with E-state index < -0.39 is 0 Å². The number of fused-ring (bicyclic) bond motifs is 3. The number of thiophene rings is 1. The number of nitrogens with one attached hydrogen (secondary N) is 1. The molecule has 1 saturated carbocycles. The van der Waals surface area contributed by atoms with Crippen LogP contribution in [0.4, 0.5) is 0 Å². The van der Waals surface area contributed by atoms with E-state index in [0.717, 1.165) is 67.4 Å². The van der Waals surface area contributed by atoms with Gasteiger partial charge in [-0.05, 0) is 43.6 Å². The second-order valence-electron chi connectivity index (χ2n) is 9.60. The summed E-state index contributed by atoms with van der Waals surface area (Å²) in [5, 5.41) is 0.830. The van der Waals surface area contributed by atoms with Crippen molar-refractivity contribution in [3.8, 4) is 0 Å². The van der Waals surface area contributed by atoms with Crippen LogP contribution in [0.1, 0.15) is 74.1 Å². The minimum atomic E-state index is 0.0240. The molecule has 7 heteroatoms. The van der Waals surface area contributed by atoms with Crippen LogP contribution < -0.4 is 5.56 Å². The quantitative estimate of drug-likeness (QED) is 0.763. The van der Waals surface area contributed by atoms with E-state index in [1.807, 2.05) is 4.90 Å². The Bertz CT molecular complexity index is 983. The molecule has 0 unspecified atom stereocenters. The number of aromatic amines is 1. The number of H-pyrrole nitrogens is 1.